The van der Waals surface area contributed by atoms with Gasteiger partial charge in [0.05, 0.1) is 12.9 Å². The fraction of sp³-hybridized carbons (Fsp3) is 0.240. The summed E-state index contributed by atoms with van der Waals surface area (Å²) in [4.78, 5) is 29.5. The quantitative estimate of drug-likeness (QED) is 0.170. The van der Waals surface area contributed by atoms with E-state index in [4.69, 9.17) is 9.47 Å². The summed E-state index contributed by atoms with van der Waals surface area (Å²) >= 11 is 2.00. The highest BCUT2D eigenvalue weighted by atomic mass is 32.2. The summed E-state index contributed by atoms with van der Waals surface area (Å²) in [5.41, 5.74) is 0. The number of thioether (sulfide) groups is 1. The van der Waals surface area contributed by atoms with Crippen LogP contribution in [0.4, 0.5) is 5.82 Å². The van der Waals surface area contributed by atoms with Gasteiger partial charge in [-0.15, -0.1) is 11.3 Å². The first-order valence-electron chi connectivity index (χ1n) is 11.6. The van der Waals surface area contributed by atoms with Gasteiger partial charge in [-0.1, -0.05) is 37.7 Å². The molecule has 0 bridgehead atoms. The van der Waals surface area contributed by atoms with Crippen molar-refractivity contribution in [2.45, 2.75) is 29.5 Å². The van der Waals surface area contributed by atoms with Crippen molar-refractivity contribution < 1.29 is 27.8 Å². The molecule has 4 aromatic rings. The fourth-order valence-corrected chi connectivity index (χ4v) is 6.59. The van der Waals surface area contributed by atoms with E-state index in [0.29, 0.717) is 11.7 Å². The Kier molecular flexibility index (Phi) is 8.99. The zero-order valence-corrected chi connectivity index (χ0v) is 23.6. The van der Waals surface area contributed by atoms with Gasteiger partial charge in [0, 0.05) is 17.3 Å². The van der Waals surface area contributed by atoms with Crippen molar-refractivity contribution in [2.24, 2.45) is 5.92 Å². The predicted octanol–water partition coefficient (Wildman–Crippen LogP) is 4.97. The number of para-hydroxylation sites is 2. The second-order valence-corrected chi connectivity index (χ2v) is 12.5. The molecule has 0 aliphatic carbocycles. The number of carbonyl (C=O) groups is 1. The first-order valence-corrected chi connectivity index (χ1v) is 14.9. The first-order chi connectivity index (χ1) is 18.7. The van der Waals surface area contributed by atoms with Crippen molar-refractivity contribution in [2.75, 3.05) is 17.6 Å². The van der Waals surface area contributed by atoms with Crippen LogP contribution >= 0.6 is 23.1 Å². The van der Waals surface area contributed by atoms with Crippen LogP contribution in [0.3, 0.4) is 0 Å². The molecule has 0 saturated carbocycles. The highest BCUT2D eigenvalue weighted by Gasteiger charge is 2.26. The molecule has 39 heavy (non-hydrogen) atoms. The van der Waals surface area contributed by atoms with Crippen LogP contribution in [0, 0.1) is 5.92 Å². The summed E-state index contributed by atoms with van der Waals surface area (Å²) in [5.74, 6) is -0.681. The van der Waals surface area contributed by atoms with E-state index in [1.54, 1.807) is 36.4 Å². The molecule has 11 nitrogen and oxygen atoms in total. The lowest BCUT2D eigenvalue weighted by Gasteiger charge is -2.17. The Morgan fingerprint density at radius 1 is 1.05 bits per heavy atom. The van der Waals surface area contributed by atoms with Gasteiger partial charge < -0.3 is 14.6 Å². The molecule has 0 aliphatic heterocycles. The topological polar surface area (TPSA) is 153 Å². The van der Waals surface area contributed by atoms with Gasteiger partial charge >= 0.3 is 5.97 Å². The average molecular weight is 588 g/mol. The van der Waals surface area contributed by atoms with Gasteiger partial charge in [-0.05, 0) is 42.7 Å². The standard InChI is InChI=1S/C25H25N5O6S3/c1-15(2)13-16-9-10-20(38-16)39(33,34)30-22-21(36-18-8-5-4-7-17(18)35-3)25(37-14-19(31)32)29-24(28-22)23-26-11-6-12-27-23/h4-12,15H,13-14H2,1-3H3,(H,31,32)(H,28,29,30). The number of hydrogen-bond donors (Lipinski definition) is 2. The van der Waals surface area contributed by atoms with Gasteiger partial charge in [-0.2, -0.15) is 0 Å². The van der Waals surface area contributed by atoms with Crippen LogP contribution in [-0.2, 0) is 21.2 Å². The molecule has 0 saturated heterocycles. The third kappa shape index (κ3) is 7.22. The Bertz CT molecular complexity index is 1560. The SMILES string of the molecule is COc1ccccc1Oc1c(NS(=O)(=O)c2ccc(CC(C)C)s2)nc(-c2ncccn2)nc1SCC(=O)O. The van der Waals surface area contributed by atoms with Crippen molar-refractivity contribution in [1.82, 2.24) is 19.9 Å². The molecular formula is C25H25N5O6S3. The summed E-state index contributed by atoms with van der Waals surface area (Å²) in [6.07, 6.45) is 3.71. The zero-order chi connectivity index (χ0) is 28.0. The van der Waals surface area contributed by atoms with Crippen LogP contribution in [0.15, 0.2) is 64.1 Å². The van der Waals surface area contributed by atoms with E-state index in [0.717, 1.165) is 34.4 Å². The number of aromatic nitrogens is 4. The van der Waals surface area contributed by atoms with Gasteiger partial charge in [-0.25, -0.2) is 28.4 Å². The number of aliphatic carboxylic acids is 1. The van der Waals surface area contributed by atoms with Gasteiger partial charge in [0.1, 0.15) is 9.24 Å². The molecule has 0 amide bonds. The third-order valence-electron chi connectivity index (χ3n) is 4.96. The normalized spacial score (nSPS) is 11.4. The maximum atomic E-state index is 13.5. The molecule has 0 aliphatic rings. The number of carboxylic acid groups (broad SMARTS) is 1. The van der Waals surface area contributed by atoms with E-state index >= 15 is 0 Å². The molecule has 0 spiro atoms. The van der Waals surface area contributed by atoms with Crippen molar-refractivity contribution in [3.8, 4) is 28.9 Å². The molecular weight excluding hydrogens is 563 g/mol. The lowest BCUT2D eigenvalue weighted by molar-refractivity contribution is -0.133. The molecule has 0 fully saturated rings. The van der Waals surface area contributed by atoms with Crippen LogP contribution in [-0.4, -0.2) is 52.3 Å². The Hall–Kier alpha value is -3.75. The number of benzene rings is 1. The van der Waals surface area contributed by atoms with Gasteiger partial charge in [0.25, 0.3) is 10.0 Å². The molecule has 1 aromatic carbocycles. The largest absolute Gasteiger partial charge is 0.493 e. The number of nitrogens with one attached hydrogen (secondary N) is 1. The van der Waals surface area contributed by atoms with Gasteiger partial charge in [0.15, 0.2) is 23.1 Å². The minimum Gasteiger partial charge on any atom is -0.493 e. The monoisotopic (exact) mass is 587 g/mol. The summed E-state index contributed by atoms with van der Waals surface area (Å²) in [6, 6.07) is 11.7. The number of hydrogen-bond acceptors (Lipinski definition) is 11. The fourth-order valence-electron chi connectivity index (χ4n) is 3.34. The van der Waals surface area contributed by atoms with E-state index in [-0.39, 0.29) is 44.0 Å². The Balaban J connectivity index is 1.85. The lowest BCUT2D eigenvalue weighted by Crippen LogP contribution is -2.15. The number of sulfonamides is 1. The highest BCUT2D eigenvalue weighted by molar-refractivity contribution is 8.00. The van der Waals surface area contributed by atoms with Crippen LogP contribution in [0.2, 0.25) is 0 Å². The van der Waals surface area contributed by atoms with Gasteiger partial charge in [0.2, 0.25) is 11.6 Å². The number of methoxy groups -OCH3 is 1. The number of rotatable bonds is 12. The minimum atomic E-state index is -4.11. The molecule has 3 heterocycles. The predicted molar refractivity (Wildman–Crippen MR) is 148 cm³/mol. The molecule has 0 atom stereocenters. The van der Waals surface area contributed by atoms with Gasteiger partial charge in [-0.3, -0.25) is 9.52 Å². The van der Waals surface area contributed by atoms with E-state index in [1.807, 2.05) is 0 Å². The second kappa shape index (κ2) is 12.4. The summed E-state index contributed by atoms with van der Waals surface area (Å²) in [6.45, 7) is 4.11. The van der Waals surface area contributed by atoms with Crippen LogP contribution in [0.25, 0.3) is 11.6 Å². The van der Waals surface area contributed by atoms with E-state index in [9.17, 15) is 18.3 Å². The third-order valence-corrected chi connectivity index (χ3v) is 8.84. The molecule has 3 aromatic heterocycles. The smallest absolute Gasteiger partial charge is 0.313 e. The Morgan fingerprint density at radius 3 is 2.44 bits per heavy atom. The van der Waals surface area contributed by atoms with Crippen molar-refractivity contribution in [3.05, 3.63) is 59.7 Å². The first kappa shape index (κ1) is 28.3. The summed E-state index contributed by atoms with van der Waals surface area (Å²) in [7, 11) is -2.64. The molecule has 0 unspecified atom stereocenters. The highest BCUT2D eigenvalue weighted by Crippen LogP contribution is 2.41. The molecule has 14 heteroatoms. The maximum absolute atomic E-state index is 13.5. The number of ether oxygens (including phenoxy) is 2. The molecule has 204 valence electrons. The van der Waals surface area contributed by atoms with E-state index < -0.39 is 16.0 Å². The summed E-state index contributed by atoms with van der Waals surface area (Å²) < 4.78 is 41.0. The van der Waals surface area contributed by atoms with Crippen LogP contribution in [0.5, 0.6) is 17.2 Å². The van der Waals surface area contributed by atoms with E-state index in [2.05, 4.69) is 38.5 Å². The number of anilines is 1. The van der Waals surface area contributed by atoms with Crippen molar-refractivity contribution in [3.63, 3.8) is 0 Å². The number of carboxylic acids is 1. The lowest BCUT2D eigenvalue weighted by atomic mass is 10.1. The maximum Gasteiger partial charge on any atom is 0.313 e. The second-order valence-electron chi connectivity index (χ2n) is 8.46. The molecule has 0 radical (unpaired) electrons. The summed E-state index contributed by atoms with van der Waals surface area (Å²) in [5, 5.41) is 9.41. The Morgan fingerprint density at radius 2 is 1.77 bits per heavy atom. The molecule has 2 N–H and O–H groups in total. The number of nitrogens with zero attached hydrogens (tertiary/aromatic N) is 4. The van der Waals surface area contributed by atoms with Crippen molar-refractivity contribution in [1.29, 1.82) is 0 Å². The Labute approximate surface area is 233 Å². The molecule has 4 rings (SSSR count). The zero-order valence-electron chi connectivity index (χ0n) is 21.2. The van der Waals surface area contributed by atoms with Crippen molar-refractivity contribution >= 4 is 44.9 Å². The van der Waals surface area contributed by atoms with Crippen LogP contribution < -0.4 is 14.2 Å². The number of thiophene rings is 1. The van der Waals surface area contributed by atoms with E-state index in [1.165, 1.54) is 25.6 Å². The average Bonchev–Trinajstić information content (AvgIpc) is 3.38. The minimum absolute atomic E-state index is 0.0137. The van der Waals surface area contributed by atoms with Crippen LogP contribution in [0.1, 0.15) is 18.7 Å².